The minimum atomic E-state index is -0.201. The molecule has 0 aliphatic carbocycles. The lowest BCUT2D eigenvalue weighted by molar-refractivity contribution is 0.646. The fraction of sp³-hybridized carbons (Fsp3) is 0.182. The number of para-hydroxylation sites is 1. The zero-order chi connectivity index (χ0) is 11.7. The third-order valence-corrected chi connectivity index (χ3v) is 2.53. The van der Waals surface area contributed by atoms with Gasteiger partial charge in [0.05, 0.1) is 5.69 Å². The summed E-state index contributed by atoms with van der Waals surface area (Å²) < 4.78 is 3.23. The summed E-state index contributed by atoms with van der Waals surface area (Å²) in [5.41, 5.74) is 6.66. The van der Waals surface area contributed by atoms with Crippen molar-refractivity contribution in [3.63, 3.8) is 0 Å². The number of nitrogens with zero attached hydrogens (tertiary/aromatic N) is 2. The molecule has 0 bridgehead atoms. The molecule has 0 spiro atoms. The summed E-state index contributed by atoms with van der Waals surface area (Å²) in [6, 6.07) is 9.58. The fourth-order valence-electron chi connectivity index (χ4n) is 1.74. The molecule has 5 heteroatoms. The fourth-order valence-corrected chi connectivity index (χ4v) is 1.74. The van der Waals surface area contributed by atoms with Gasteiger partial charge in [-0.2, -0.15) is 0 Å². The summed E-state index contributed by atoms with van der Waals surface area (Å²) in [5, 5.41) is 2.94. The van der Waals surface area contributed by atoms with Gasteiger partial charge in [0.15, 0.2) is 5.82 Å². The van der Waals surface area contributed by atoms with Crippen LogP contribution < -0.4 is 16.6 Å². The monoisotopic (exact) mass is 218 g/mol. The number of rotatable bonds is 2. The highest BCUT2D eigenvalue weighted by Gasteiger charge is 2.14. The molecule has 2 aromatic rings. The summed E-state index contributed by atoms with van der Waals surface area (Å²) >= 11 is 0. The molecule has 0 unspecified atom stereocenters. The predicted octanol–water partition coefficient (Wildman–Crippen LogP) is 0.800. The van der Waals surface area contributed by atoms with E-state index in [1.54, 1.807) is 18.8 Å². The molecule has 0 amide bonds. The van der Waals surface area contributed by atoms with Gasteiger partial charge in [0.2, 0.25) is 0 Å². The highest BCUT2D eigenvalue weighted by Crippen LogP contribution is 2.19. The second-order valence-electron chi connectivity index (χ2n) is 3.49. The minimum Gasteiger partial charge on any atom is -0.391 e. The zero-order valence-corrected chi connectivity index (χ0v) is 9.27. The molecule has 3 N–H and O–H groups in total. The topological polar surface area (TPSA) is 65.0 Å². The normalized spacial score (nSPS) is 10.4. The molecule has 2 rings (SSSR count). The first kappa shape index (κ1) is 10.4. The van der Waals surface area contributed by atoms with Gasteiger partial charge < -0.3 is 11.1 Å². The van der Waals surface area contributed by atoms with E-state index in [0.717, 1.165) is 5.69 Å². The molecule has 1 aromatic carbocycles. The van der Waals surface area contributed by atoms with Crippen molar-refractivity contribution in [2.45, 2.75) is 0 Å². The number of nitrogens with one attached hydrogen (secondary N) is 1. The lowest BCUT2D eigenvalue weighted by Crippen LogP contribution is -2.19. The Morgan fingerprint density at radius 2 is 1.88 bits per heavy atom. The SMILES string of the molecule is CNc1c(N)c(=O)n(C)n1-c1ccccc1. The smallest absolute Gasteiger partial charge is 0.292 e. The van der Waals surface area contributed by atoms with E-state index in [4.69, 9.17) is 5.73 Å². The molecular formula is C11H14N4O. The Morgan fingerprint density at radius 1 is 1.25 bits per heavy atom. The van der Waals surface area contributed by atoms with Crippen molar-refractivity contribution in [3.05, 3.63) is 40.7 Å². The zero-order valence-electron chi connectivity index (χ0n) is 9.27. The van der Waals surface area contributed by atoms with Crippen LogP contribution in [0.5, 0.6) is 0 Å². The maximum Gasteiger partial charge on any atom is 0.292 e. The van der Waals surface area contributed by atoms with Crippen LogP contribution in [0.15, 0.2) is 35.1 Å². The second-order valence-corrected chi connectivity index (χ2v) is 3.49. The van der Waals surface area contributed by atoms with E-state index in [1.165, 1.54) is 4.68 Å². The average Bonchev–Trinajstić information content (AvgIpc) is 2.54. The number of benzene rings is 1. The van der Waals surface area contributed by atoms with Gasteiger partial charge in [-0.3, -0.25) is 4.79 Å². The van der Waals surface area contributed by atoms with Gasteiger partial charge in [-0.15, -0.1) is 0 Å². The van der Waals surface area contributed by atoms with Gasteiger partial charge in [0, 0.05) is 14.1 Å². The standard InChI is InChI=1S/C11H14N4O/c1-13-10-9(12)11(16)14(2)15(10)8-6-4-3-5-7-8/h3-7,13H,12H2,1-2H3. The lowest BCUT2D eigenvalue weighted by Gasteiger charge is -2.11. The largest absolute Gasteiger partial charge is 0.391 e. The molecule has 1 aromatic heterocycles. The molecule has 0 saturated heterocycles. The Labute approximate surface area is 93.1 Å². The van der Waals surface area contributed by atoms with E-state index in [1.807, 2.05) is 30.3 Å². The van der Waals surface area contributed by atoms with Crippen molar-refractivity contribution < 1.29 is 0 Å². The maximum atomic E-state index is 11.7. The molecule has 0 aliphatic heterocycles. The average molecular weight is 218 g/mol. The quantitative estimate of drug-likeness (QED) is 0.783. The first-order valence-electron chi connectivity index (χ1n) is 4.97. The molecule has 0 aliphatic rings. The van der Waals surface area contributed by atoms with Crippen LogP contribution >= 0.6 is 0 Å². The molecule has 1 heterocycles. The first-order valence-corrected chi connectivity index (χ1v) is 4.97. The molecular weight excluding hydrogens is 204 g/mol. The summed E-state index contributed by atoms with van der Waals surface area (Å²) in [4.78, 5) is 11.7. The van der Waals surface area contributed by atoms with Crippen LogP contribution in [0.1, 0.15) is 0 Å². The van der Waals surface area contributed by atoms with Gasteiger partial charge in [-0.1, -0.05) is 18.2 Å². The number of hydrogen-bond donors (Lipinski definition) is 2. The molecule has 16 heavy (non-hydrogen) atoms. The van der Waals surface area contributed by atoms with Gasteiger partial charge in [0.1, 0.15) is 5.69 Å². The van der Waals surface area contributed by atoms with Crippen LogP contribution in [-0.2, 0) is 7.05 Å². The van der Waals surface area contributed by atoms with Crippen molar-refractivity contribution in [2.75, 3.05) is 18.1 Å². The summed E-state index contributed by atoms with van der Waals surface area (Å²) in [5.74, 6) is 0.610. The van der Waals surface area contributed by atoms with E-state index in [0.29, 0.717) is 5.82 Å². The van der Waals surface area contributed by atoms with Gasteiger partial charge in [-0.05, 0) is 12.1 Å². The van der Waals surface area contributed by atoms with E-state index in [9.17, 15) is 4.79 Å². The summed E-state index contributed by atoms with van der Waals surface area (Å²) in [6.45, 7) is 0. The highest BCUT2D eigenvalue weighted by molar-refractivity contribution is 5.63. The van der Waals surface area contributed by atoms with Crippen LogP contribution in [0.4, 0.5) is 11.5 Å². The van der Waals surface area contributed by atoms with E-state index in [2.05, 4.69) is 5.32 Å². The Bertz CT molecular complexity index is 553. The number of anilines is 2. The van der Waals surface area contributed by atoms with Crippen molar-refractivity contribution in [1.29, 1.82) is 0 Å². The lowest BCUT2D eigenvalue weighted by atomic mass is 10.3. The first-order chi connectivity index (χ1) is 7.66. The Balaban J connectivity index is 2.75. The highest BCUT2D eigenvalue weighted by atomic mass is 16.1. The third-order valence-electron chi connectivity index (χ3n) is 2.53. The van der Waals surface area contributed by atoms with Crippen molar-refractivity contribution in [2.24, 2.45) is 7.05 Å². The third kappa shape index (κ3) is 1.37. The minimum absolute atomic E-state index is 0.201. The summed E-state index contributed by atoms with van der Waals surface area (Å²) in [6.07, 6.45) is 0. The van der Waals surface area contributed by atoms with E-state index < -0.39 is 0 Å². The van der Waals surface area contributed by atoms with Crippen LogP contribution in [0, 0.1) is 0 Å². The van der Waals surface area contributed by atoms with Gasteiger partial charge >= 0.3 is 0 Å². The van der Waals surface area contributed by atoms with Crippen LogP contribution in [-0.4, -0.2) is 16.4 Å². The van der Waals surface area contributed by atoms with Crippen LogP contribution in [0.2, 0.25) is 0 Å². The van der Waals surface area contributed by atoms with E-state index in [-0.39, 0.29) is 11.2 Å². The van der Waals surface area contributed by atoms with Gasteiger partial charge in [-0.25, -0.2) is 9.36 Å². The molecule has 0 radical (unpaired) electrons. The number of nitrogen functional groups attached to an aromatic ring is 1. The Hall–Kier alpha value is -2.17. The Morgan fingerprint density at radius 3 is 2.44 bits per heavy atom. The second kappa shape index (κ2) is 3.77. The van der Waals surface area contributed by atoms with Crippen molar-refractivity contribution in [1.82, 2.24) is 9.36 Å². The molecule has 5 nitrogen and oxygen atoms in total. The predicted molar refractivity (Wildman–Crippen MR) is 65.0 cm³/mol. The summed E-state index contributed by atoms with van der Waals surface area (Å²) in [7, 11) is 3.43. The Kier molecular flexibility index (Phi) is 2.44. The van der Waals surface area contributed by atoms with Crippen molar-refractivity contribution in [3.8, 4) is 5.69 Å². The van der Waals surface area contributed by atoms with E-state index >= 15 is 0 Å². The maximum absolute atomic E-state index is 11.7. The molecule has 84 valence electrons. The molecule has 0 atom stereocenters. The molecule has 0 saturated carbocycles. The number of nitrogens with two attached hydrogens (primary N) is 1. The number of aromatic nitrogens is 2. The van der Waals surface area contributed by atoms with Gasteiger partial charge in [0.25, 0.3) is 5.56 Å². The molecule has 0 fully saturated rings. The van der Waals surface area contributed by atoms with Crippen molar-refractivity contribution >= 4 is 11.5 Å². The van der Waals surface area contributed by atoms with Crippen LogP contribution in [0.25, 0.3) is 5.69 Å². The van der Waals surface area contributed by atoms with Crippen LogP contribution in [0.3, 0.4) is 0 Å². The number of hydrogen-bond acceptors (Lipinski definition) is 3.